The van der Waals surface area contributed by atoms with Crippen LogP contribution in [0.5, 0.6) is 5.75 Å². The number of methoxy groups -OCH3 is 1. The van der Waals surface area contributed by atoms with Crippen molar-refractivity contribution < 1.29 is 4.74 Å². The molecule has 1 aromatic heterocycles. The van der Waals surface area contributed by atoms with Crippen molar-refractivity contribution in [3.05, 3.63) is 15.7 Å². The molecule has 1 aliphatic rings. The van der Waals surface area contributed by atoms with Gasteiger partial charge in [-0.2, -0.15) is 4.98 Å². The molecule has 2 aromatic rings. The maximum absolute atomic E-state index is 5.47. The van der Waals surface area contributed by atoms with E-state index in [0.29, 0.717) is 0 Å². The first-order chi connectivity index (χ1) is 11.6. The highest BCUT2D eigenvalue weighted by Crippen LogP contribution is 2.31. The molecule has 1 N–H and O–H groups in total. The summed E-state index contributed by atoms with van der Waals surface area (Å²) in [4.78, 5) is 14.0. The first-order valence-electron chi connectivity index (χ1n) is 8.27. The normalized spacial score (nSPS) is 14.6. The molecular formula is C17H24IN5O. The summed E-state index contributed by atoms with van der Waals surface area (Å²) < 4.78 is 6.53. The molecule has 0 amide bonds. The van der Waals surface area contributed by atoms with Gasteiger partial charge in [-0.15, -0.1) is 0 Å². The average Bonchev–Trinajstić information content (AvgIpc) is 3.08. The van der Waals surface area contributed by atoms with Crippen LogP contribution >= 0.6 is 22.6 Å². The smallest absolute Gasteiger partial charge is 0.227 e. The molecule has 0 radical (unpaired) electrons. The monoisotopic (exact) mass is 441 g/mol. The third kappa shape index (κ3) is 3.83. The molecule has 0 bridgehead atoms. The number of benzene rings is 1. The summed E-state index contributed by atoms with van der Waals surface area (Å²) in [7, 11) is 5.84. The first-order valence-corrected chi connectivity index (χ1v) is 9.35. The van der Waals surface area contributed by atoms with Crippen molar-refractivity contribution in [1.29, 1.82) is 0 Å². The van der Waals surface area contributed by atoms with Gasteiger partial charge in [-0.25, -0.2) is 4.98 Å². The first kappa shape index (κ1) is 17.5. The number of hydrogen-bond acceptors (Lipinski definition) is 6. The molecule has 0 unspecified atom stereocenters. The van der Waals surface area contributed by atoms with Gasteiger partial charge in [-0.05, 0) is 61.7 Å². The van der Waals surface area contributed by atoms with Crippen molar-refractivity contribution in [1.82, 2.24) is 14.9 Å². The number of halogens is 1. The molecule has 0 saturated carbocycles. The highest BCUT2D eigenvalue weighted by Gasteiger charge is 2.18. The maximum atomic E-state index is 5.47. The van der Waals surface area contributed by atoms with Crippen LogP contribution in [0.2, 0.25) is 0 Å². The fourth-order valence-electron chi connectivity index (χ4n) is 2.87. The Morgan fingerprint density at radius 1 is 1.25 bits per heavy atom. The van der Waals surface area contributed by atoms with E-state index < -0.39 is 0 Å². The molecule has 6 nitrogen and oxygen atoms in total. The molecule has 1 fully saturated rings. The number of nitrogens with one attached hydrogen (secondary N) is 1. The summed E-state index contributed by atoms with van der Waals surface area (Å²) in [5.41, 5.74) is 0.962. The molecule has 1 aromatic carbocycles. The number of fused-ring (bicyclic) bond motifs is 1. The summed E-state index contributed by atoms with van der Waals surface area (Å²) in [6.45, 7) is 3.87. The quantitative estimate of drug-likeness (QED) is 0.697. The fourth-order valence-corrected chi connectivity index (χ4v) is 3.54. The SMILES string of the molecule is COc1cc2c(NCCN(C)C)nc(N3CCCC3)nc2cc1I. The lowest BCUT2D eigenvalue weighted by molar-refractivity contribution is 0.412. The van der Waals surface area contributed by atoms with E-state index in [2.05, 4.69) is 57.9 Å². The molecule has 1 saturated heterocycles. The number of likely N-dealkylation sites (N-methyl/N-ethyl adjacent to an activating group) is 1. The van der Waals surface area contributed by atoms with Crippen molar-refractivity contribution in [2.45, 2.75) is 12.8 Å². The van der Waals surface area contributed by atoms with Crippen LogP contribution in [-0.4, -0.2) is 62.3 Å². The van der Waals surface area contributed by atoms with Crippen molar-refractivity contribution in [3.63, 3.8) is 0 Å². The lowest BCUT2D eigenvalue weighted by atomic mass is 10.2. The number of aromatic nitrogens is 2. The number of hydrogen-bond donors (Lipinski definition) is 1. The Kier molecular flexibility index (Phi) is 5.60. The summed E-state index contributed by atoms with van der Waals surface area (Å²) in [6.07, 6.45) is 2.43. The Morgan fingerprint density at radius 3 is 2.67 bits per heavy atom. The van der Waals surface area contributed by atoms with Gasteiger partial charge in [0.25, 0.3) is 0 Å². The minimum atomic E-state index is 0.827. The number of ether oxygens (including phenoxy) is 1. The Labute approximate surface area is 156 Å². The predicted octanol–water partition coefficient (Wildman–Crippen LogP) is 2.82. The second-order valence-electron chi connectivity index (χ2n) is 6.30. The standard InChI is InChI=1S/C17H24IN5O/c1-22(2)9-6-19-16-12-10-15(24-3)13(18)11-14(12)20-17(21-16)23-7-4-5-8-23/h10-11H,4-9H2,1-3H3,(H,19,20,21). The van der Waals surface area contributed by atoms with Crippen LogP contribution in [0.25, 0.3) is 10.9 Å². The van der Waals surface area contributed by atoms with Gasteiger partial charge in [-0.3, -0.25) is 0 Å². The van der Waals surface area contributed by atoms with E-state index in [0.717, 1.165) is 58.2 Å². The van der Waals surface area contributed by atoms with Gasteiger partial charge in [-0.1, -0.05) is 0 Å². The van der Waals surface area contributed by atoms with Gasteiger partial charge >= 0.3 is 0 Å². The predicted molar refractivity (Wildman–Crippen MR) is 107 cm³/mol. The van der Waals surface area contributed by atoms with Crippen molar-refractivity contribution in [2.75, 3.05) is 57.6 Å². The lowest BCUT2D eigenvalue weighted by Gasteiger charge is -2.19. The summed E-state index contributed by atoms with van der Waals surface area (Å²) in [6, 6.07) is 4.11. The van der Waals surface area contributed by atoms with Crippen LogP contribution in [0.1, 0.15) is 12.8 Å². The van der Waals surface area contributed by atoms with E-state index in [4.69, 9.17) is 14.7 Å². The van der Waals surface area contributed by atoms with E-state index in [9.17, 15) is 0 Å². The van der Waals surface area contributed by atoms with Gasteiger partial charge in [0, 0.05) is 31.6 Å². The van der Waals surface area contributed by atoms with Gasteiger partial charge in [0.15, 0.2) is 0 Å². The molecule has 0 aliphatic carbocycles. The molecule has 7 heteroatoms. The highest BCUT2D eigenvalue weighted by atomic mass is 127. The third-order valence-corrected chi connectivity index (χ3v) is 5.04. The second kappa shape index (κ2) is 7.69. The number of rotatable bonds is 6. The van der Waals surface area contributed by atoms with Crippen molar-refractivity contribution >= 4 is 45.3 Å². The maximum Gasteiger partial charge on any atom is 0.227 e. The minimum absolute atomic E-state index is 0.827. The molecule has 0 spiro atoms. The molecule has 1 aliphatic heterocycles. The van der Waals surface area contributed by atoms with Crippen LogP contribution in [0.15, 0.2) is 12.1 Å². The molecule has 0 atom stereocenters. The van der Waals surface area contributed by atoms with Crippen LogP contribution in [0.3, 0.4) is 0 Å². The van der Waals surface area contributed by atoms with Gasteiger partial charge < -0.3 is 19.9 Å². The summed E-state index contributed by atoms with van der Waals surface area (Å²) >= 11 is 2.29. The van der Waals surface area contributed by atoms with E-state index in [1.807, 2.05) is 6.07 Å². The molecule has 2 heterocycles. The Hall–Kier alpha value is -1.35. The number of nitrogens with zero attached hydrogens (tertiary/aromatic N) is 4. The molecule has 3 rings (SSSR count). The fraction of sp³-hybridized carbons (Fsp3) is 0.529. The molecule has 130 valence electrons. The highest BCUT2D eigenvalue weighted by molar-refractivity contribution is 14.1. The van der Waals surface area contributed by atoms with Crippen LogP contribution in [0, 0.1) is 3.57 Å². The van der Waals surface area contributed by atoms with Gasteiger partial charge in [0.2, 0.25) is 5.95 Å². The van der Waals surface area contributed by atoms with Crippen LogP contribution in [0.4, 0.5) is 11.8 Å². The zero-order chi connectivity index (χ0) is 17.1. The van der Waals surface area contributed by atoms with Crippen molar-refractivity contribution in [2.24, 2.45) is 0 Å². The molecule has 24 heavy (non-hydrogen) atoms. The van der Waals surface area contributed by atoms with Gasteiger partial charge in [0.1, 0.15) is 11.6 Å². The summed E-state index contributed by atoms with van der Waals surface area (Å²) in [5.74, 6) is 2.57. The second-order valence-corrected chi connectivity index (χ2v) is 7.46. The lowest BCUT2D eigenvalue weighted by Crippen LogP contribution is -2.23. The third-order valence-electron chi connectivity index (χ3n) is 4.20. The van der Waals surface area contributed by atoms with E-state index >= 15 is 0 Å². The number of anilines is 2. The van der Waals surface area contributed by atoms with Crippen LogP contribution in [-0.2, 0) is 0 Å². The topological polar surface area (TPSA) is 53.5 Å². The zero-order valence-corrected chi connectivity index (χ0v) is 16.6. The zero-order valence-electron chi connectivity index (χ0n) is 14.5. The largest absolute Gasteiger partial charge is 0.496 e. The minimum Gasteiger partial charge on any atom is -0.496 e. The summed E-state index contributed by atoms with van der Waals surface area (Å²) in [5, 5.41) is 4.48. The van der Waals surface area contributed by atoms with E-state index in [1.54, 1.807) is 7.11 Å². The Morgan fingerprint density at radius 2 is 2.00 bits per heavy atom. The average molecular weight is 441 g/mol. The van der Waals surface area contributed by atoms with Gasteiger partial charge in [0.05, 0.1) is 16.2 Å². The van der Waals surface area contributed by atoms with E-state index in [1.165, 1.54) is 12.8 Å². The van der Waals surface area contributed by atoms with Crippen molar-refractivity contribution in [3.8, 4) is 5.75 Å². The Bertz CT molecular complexity index is 716. The van der Waals surface area contributed by atoms with Crippen LogP contribution < -0.4 is 15.0 Å². The van der Waals surface area contributed by atoms with E-state index in [-0.39, 0.29) is 0 Å². The molecular weight excluding hydrogens is 417 g/mol. The Balaban J connectivity index is 2.01.